The molecule has 0 fully saturated rings. The van der Waals surface area contributed by atoms with Crippen molar-refractivity contribution in [2.45, 2.75) is 26.4 Å². The Bertz CT molecular complexity index is 651. The fraction of sp³-hybridized carbons (Fsp3) is 0.333. The molecule has 0 heterocycles. The van der Waals surface area contributed by atoms with Crippen molar-refractivity contribution in [2.24, 2.45) is 0 Å². The fourth-order valence-corrected chi connectivity index (χ4v) is 2.02. The molecule has 1 rings (SSSR count). The zero-order valence-electron chi connectivity index (χ0n) is 12.9. The Balaban J connectivity index is 3.46. The van der Waals surface area contributed by atoms with E-state index in [2.05, 4.69) is 0 Å². The maximum absolute atomic E-state index is 11.4. The second kappa shape index (κ2) is 7.92. The third kappa shape index (κ3) is 4.53. The van der Waals surface area contributed by atoms with Crippen LogP contribution in [0.2, 0.25) is 0 Å². The molecule has 8 nitrogen and oxygen atoms in total. The number of carboxylic acid groups (broad SMARTS) is 1. The van der Waals surface area contributed by atoms with E-state index in [4.69, 9.17) is 9.47 Å². The molecule has 0 saturated carbocycles. The number of methoxy groups -OCH3 is 1. The van der Waals surface area contributed by atoms with Gasteiger partial charge >= 0.3 is 17.6 Å². The molecule has 0 aliphatic carbocycles. The number of rotatable bonds is 7. The van der Waals surface area contributed by atoms with Gasteiger partial charge in [0.25, 0.3) is 0 Å². The van der Waals surface area contributed by atoms with Gasteiger partial charge in [0.2, 0.25) is 0 Å². The van der Waals surface area contributed by atoms with Crippen molar-refractivity contribution in [1.29, 1.82) is 0 Å². The van der Waals surface area contributed by atoms with Gasteiger partial charge in [0.15, 0.2) is 11.9 Å². The van der Waals surface area contributed by atoms with Crippen LogP contribution in [0.3, 0.4) is 0 Å². The van der Waals surface area contributed by atoms with Gasteiger partial charge < -0.3 is 14.6 Å². The van der Waals surface area contributed by atoms with Crippen LogP contribution in [-0.4, -0.2) is 29.1 Å². The Morgan fingerprint density at radius 2 is 2.09 bits per heavy atom. The first-order chi connectivity index (χ1) is 10.8. The second-order valence-electron chi connectivity index (χ2n) is 4.55. The molecule has 8 heteroatoms. The summed E-state index contributed by atoms with van der Waals surface area (Å²) in [6, 6.07) is 3.89. The minimum Gasteiger partial charge on any atom is -0.490 e. The summed E-state index contributed by atoms with van der Waals surface area (Å²) in [7, 11) is 1.28. The van der Waals surface area contributed by atoms with E-state index in [9.17, 15) is 24.8 Å². The lowest BCUT2D eigenvalue weighted by molar-refractivity contribution is -0.385. The molecule has 1 N–H and O–H groups in total. The number of nitrogens with zero attached hydrogens (tertiary/aromatic N) is 1. The highest BCUT2D eigenvalue weighted by Crippen LogP contribution is 2.34. The molecule has 0 aliphatic rings. The van der Waals surface area contributed by atoms with Gasteiger partial charge in [-0.25, -0.2) is 4.79 Å². The van der Waals surface area contributed by atoms with Crippen LogP contribution in [0.5, 0.6) is 5.75 Å². The topological polar surface area (TPSA) is 116 Å². The molecule has 1 atom stereocenters. The van der Waals surface area contributed by atoms with Crippen molar-refractivity contribution in [3.63, 3.8) is 0 Å². The van der Waals surface area contributed by atoms with Gasteiger partial charge in [0.1, 0.15) is 0 Å². The van der Waals surface area contributed by atoms with E-state index in [-0.39, 0.29) is 22.6 Å². The molecule has 1 aromatic carbocycles. The predicted octanol–water partition coefficient (Wildman–Crippen LogP) is 2.63. The predicted molar refractivity (Wildman–Crippen MR) is 80.2 cm³/mol. The van der Waals surface area contributed by atoms with Gasteiger partial charge in [-0.1, -0.05) is 19.1 Å². The zero-order chi connectivity index (χ0) is 17.6. The van der Waals surface area contributed by atoms with E-state index in [0.717, 1.165) is 13.0 Å². The summed E-state index contributed by atoms with van der Waals surface area (Å²) >= 11 is 0. The number of aliphatic carboxylic acids is 1. The maximum atomic E-state index is 11.4. The summed E-state index contributed by atoms with van der Waals surface area (Å²) in [5.74, 6) is -1.94. The number of benzene rings is 1. The summed E-state index contributed by atoms with van der Waals surface area (Å²) in [5.41, 5.74) is -0.333. The minimum atomic E-state index is -1.27. The Morgan fingerprint density at radius 3 is 2.52 bits per heavy atom. The lowest BCUT2D eigenvalue weighted by atomic mass is 9.99. The highest BCUT2D eigenvalue weighted by atomic mass is 16.6. The standard InChI is InChI=1S/C15H17NO7/c1-4-5-11(15(18)19)14(23-9(2)17)10-6-7-13(22-3)12(8-10)16(20)21/h5-8,14H,4H2,1-3H3,(H,18,19). The smallest absolute Gasteiger partial charge is 0.335 e. The van der Waals surface area contributed by atoms with Crippen molar-refractivity contribution in [3.05, 3.63) is 45.5 Å². The number of hydrogen-bond acceptors (Lipinski definition) is 6. The molecule has 0 saturated heterocycles. The monoisotopic (exact) mass is 323 g/mol. The Morgan fingerprint density at radius 1 is 1.43 bits per heavy atom. The molecule has 23 heavy (non-hydrogen) atoms. The molecule has 0 bridgehead atoms. The summed E-state index contributed by atoms with van der Waals surface area (Å²) in [4.78, 5) is 33.1. The number of nitro groups is 1. The normalized spacial score (nSPS) is 12.4. The van der Waals surface area contributed by atoms with Gasteiger partial charge in [-0.05, 0) is 12.5 Å². The van der Waals surface area contributed by atoms with E-state index in [1.165, 1.54) is 25.3 Å². The van der Waals surface area contributed by atoms with Gasteiger partial charge in [-0.2, -0.15) is 0 Å². The fourth-order valence-electron chi connectivity index (χ4n) is 2.02. The Labute approximate surface area is 132 Å². The average molecular weight is 323 g/mol. The van der Waals surface area contributed by atoms with Crippen molar-refractivity contribution in [1.82, 2.24) is 0 Å². The molecule has 1 unspecified atom stereocenters. The van der Waals surface area contributed by atoms with Crippen LogP contribution >= 0.6 is 0 Å². The lowest BCUT2D eigenvalue weighted by Crippen LogP contribution is -2.17. The van der Waals surface area contributed by atoms with Crippen LogP contribution in [0, 0.1) is 10.1 Å². The van der Waals surface area contributed by atoms with E-state index in [1.54, 1.807) is 6.92 Å². The van der Waals surface area contributed by atoms with Crippen molar-refractivity contribution in [2.75, 3.05) is 7.11 Å². The highest BCUT2D eigenvalue weighted by Gasteiger charge is 2.28. The summed E-state index contributed by atoms with van der Waals surface area (Å²) in [5, 5.41) is 20.4. The van der Waals surface area contributed by atoms with E-state index >= 15 is 0 Å². The quantitative estimate of drug-likeness (QED) is 0.355. The van der Waals surface area contributed by atoms with Gasteiger partial charge in [-0.15, -0.1) is 0 Å². The van der Waals surface area contributed by atoms with Gasteiger partial charge in [0.05, 0.1) is 17.6 Å². The highest BCUT2D eigenvalue weighted by molar-refractivity contribution is 5.88. The van der Waals surface area contributed by atoms with E-state index in [0.29, 0.717) is 6.42 Å². The van der Waals surface area contributed by atoms with E-state index in [1.807, 2.05) is 0 Å². The van der Waals surface area contributed by atoms with Crippen LogP contribution in [0.1, 0.15) is 31.9 Å². The first-order valence-corrected chi connectivity index (χ1v) is 6.74. The second-order valence-corrected chi connectivity index (χ2v) is 4.55. The maximum Gasteiger partial charge on any atom is 0.335 e. The van der Waals surface area contributed by atoms with Gasteiger partial charge in [0, 0.05) is 18.6 Å². The number of hydrogen-bond donors (Lipinski definition) is 1. The minimum absolute atomic E-state index is 0.0247. The largest absolute Gasteiger partial charge is 0.490 e. The number of ether oxygens (including phenoxy) is 2. The Kier molecular flexibility index (Phi) is 6.25. The third-order valence-corrected chi connectivity index (χ3v) is 2.94. The van der Waals surface area contributed by atoms with Crippen molar-refractivity contribution >= 4 is 17.6 Å². The molecule has 1 aromatic rings. The number of esters is 1. The van der Waals surface area contributed by atoms with Crippen LogP contribution in [0.15, 0.2) is 29.8 Å². The third-order valence-electron chi connectivity index (χ3n) is 2.94. The van der Waals surface area contributed by atoms with Crippen LogP contribution in [0.4, 0.5) is 5.69 Å². The summed E-state index contributed by atoms with van der Waals surface area (Å²) in [6.45, 7) is 2.86. The zero-order valence-corrected chi connectivity index (χ0v) is 12.9. The van der Waals surface area contributed by atoms with Crippen LogP contribution in [0.25, 0.3) is 0 Å². The first-order valence-electron chi connectivity index (χ1n) is 6.74. The summed E-state index contributed by atoms with van der Waals surface area (Å²) < 4.78 is 9.97. The molecular weight excluding hydrogens is 306 g/mol. The lowest BCUT2D eigenvalue weighted by Gasteiger charge is -2.18. The van der Waals surface area contributed by atoms with Crippen LogP contribution < -0.4 is 4.74 Å². The van der Waals surface area contributed by atoms with Crippen molar-refractivity contribution in [3.8, 4) is 5.75 Å². The Hall–Kier alpha value is -2.90. The van der Waals surface area contributed by atoms with Crippen LogP contribution in [-0.2, 0) is 14.3 Å². The average Bonchev–Trinajstić information content (AvgIpc) is 2.49. The number of carbonyl (C=O) groups is 2. The molecule has 0 amide bonds. The first kappa shape index (κ1) is 18.1. The molecule has 0 aromatic heterocycles. The van der Waals surface area contributed by atoms with Gasteiger partial charge in [-0.3, -0.25) is 14.9 Å². The molecular formula is C15H17NO7. The molecule has 124 valence electrons. The number of nitro benzene ring substituents is 1. The molecule has 0 spiro atoms. The number of carbonyl (C=O) groups excluding carboxylic acids is 1. The summed E-state index contributed by atoms with van der Waals surface area (Å²) in [6.07, 6.45) is 0.554. The molecule has 0 aliphatic heterocycles. The van der Waals surface area contributed by atoms with E-state index < -0.39 is 23.0 Å². The van der Waals surface area contributed by atoms with Crippen molar-refractivity contribution < 1.29 is 29.1 Å². The SMILES string of the molecule is CCC=C(C(=O)O)C(OC(C)=O)c1ccc(OC)c([N+](=O)[O-])c1. The number of carboxylic acids is 1. The molecule has 0 radical (unpaired) electrons. The number of allylic oxidation sites excluding steroid dienone is 1.